The summed E-state index contributed by atoms with van der Waals surface area (Å²) in [5, 5.41) is 0. The lowest BCUT2D eigenvalue weighted by Gasteiger charge is -2.35. The van der Waals surface area contributed by atoms with Crippen LogP contribution in [0.1, 0.15) is 54.4 Å². The molecule has 4 atom stereocenters. The monoisotopic (exact) mass is 464 g/mol. The standard InChI is InChI=1S/2C11H21FN2O2/c2*1-11(2,3)16-10(15)14-5-4-8(6-13)9(12)7-14/h2*8-9H,4-7,13H2,1-3H3/t8-,9+;8-,9-/m01/s1. The summed E-state index contributed by atoms with van der Waals surface area (Å²) in [6.07, 6.45) is -1.73. The molecule has 4 N–H and O–H groups in total. The third-order valence-electron chi connectivity index (χ3n) is 5.26. The fourth-order valence-corrected chi connectivity index (χ4v) is 3.42. The Morgan fingerprint density at radius 2 is 1.09 bits per heavy atom. The average Bonchev–Trinajstić information content (AvgIpc) is 2.65. The molecule has 0 aliphatic carbocycles. The van der Waals surface area contributed by atoms with Crippen LogP contribution in [0.15, 0.2) is 0 Å². The van der Waals surface area contributed by atoms with E-state index in [1.165, 1.54) is 9.80 Å². The number of halogens is 2. The van der Waals surface area contributed by atoms with Gasteiger partial charge in [-0.2, -0.15) is 0 Å². The summed E-state index contributed by atoms with van der Waals surface area (Å²) in [6.45, 7) is 12.7. The van der Waals surface area contributed by atoms with Gasteiger partial charge in [0.25, 0.3) is 0 Å². The molecule has 0 aromatic rings. The lowest BCUT2D eigenvalue weighted by molar-refractivity contribution is 0.00559. The molecule has 2 fully saturated rings. The Labute approximate surface area is 190 Å². The lowest BCUT2D eigenvalue weighted by Crippen LogP contribution is -2.48. The molecule has 2 rings (SSSR count). The molecule has 8 nitrogen and oxygen atoms in total. The summed E-state index contributed by atoms with van der Waals surface area (Å²) in [5.41, 5.74) is 9.82. The molecule has 0 aromatic carbocycles. The van der Waals surface area contributed by atoms with Crippen molar-refractivity contribution in [1.82, 2.24) is 9.80 Å². The first-order chi connectivity index (χ1) is 14.7. The van der Waals surface area contributed by atoms with Crippen LogP contribution in [-0.2, 0) is 9.47 Å². The first kappa shape index (κ1) is 28.4. The van der Waals surface area contributed by atoms with Crippen molar-refractivity contribution in [3.8, 4) is 0 Å². The summed E-state index contributed by atoms with van der Waals surface area (Å²) >= 11 is 0. The second-order valence-electron chi connectivity index (χ2n) is 10.5. The van der Waals surface area contributed by atoms with Crippen molar-refractivity contribution in [3.63, 3.8) is 0 Å². The highest BCUT2D eigenvalue weighted by Crippen LogP contribution is 2.22. The van der Waals surface area contributed by atoms with Gasteiger partial charge >= 0.3 is 12.2 Å². The van der Waals surface area contributed by atoms with Gasteiger partial charge in [0.1, 0.15) is 23.5 Å². The van der Waals surface area contributed by atoms with E-state index in [1.54, 1.807) is 41.5 Å². The van der Waals surface area contributed by atoms with E-state index in [0.717, 1.165) is 0 Å². The van der Waals surface area contributed by atoms with E-state index in [-0.39, 0.29) is 24.9 Å². The molecule has 2 heterocycles. The minimum atomic E-state index is -1.04. The molecule has 10 heteroatoms. The fraction of sp³-hybridized carbons (Fsp3) is 0.909. The van der Waals surface area contributed by atoms with Crippen LogP contribution in [0.5, 0.6) is 0 Å². The van der Waals surface area contributed by atoms with Gasteiger partial charge in [0, 0.05) is 24.9 Å². The second-order valence-corrected chi connectivity index (χ2v) is 10.5. The predicted molar refractivity (Wildman–Crippen MR) is 120 cm³/mol. The van der Waals surface area contributed by atoms with E-state index in [1.807, 2.05) is 0 Å². The predicted octanol–water partition coefficient (Wildman–Crippen LogP) is 3.08. The fourth-order valence-electron chi connectivity index (χ4n) is 3.42. The number of hydrogen-bond donors (Lipinski definition) is 2. The molecule has 0 unspecified atom stereocenters. The summed E-state index contributed by atoms with van der Waals surface area (Å²) in [4.78, 5) is 26.2. The van der Waals surface area contributed by atoms with Crippen molar-refractivity contribution in [1.29, 1.82) is 0 Å². The van der Waals surface area contributed by atoms with Crippen molar-refractivity contribution < 1.29 is 27.8 Å². The van der Waals surface area contributed by atoms with Gasteiger partial charge in [0.2, 0.25) is 0 Å². The molecule has 2 aliphatic heterocycles. The Morgan fingerprint density at radius 1 is 0.781 bits per heavy atom. The number of ether oxygens (including phenoxy) is 2. The highest BCUT2D eigenvalue weighted by atomic mass is 19.1. The molecule has 2 amide bonds. The first-order valence-corrected chi connectivity index (χ1v) is 11.3. The Bertz CT molecular complexity index is 558. The van der Waals surface area contributed by atoms with Gasteiger partial charge in [-0.25, -0.2) is 18.4 Å². The van der Waals surface area contributed by atoms with Crippen LogP contribution >= 0.6 is 0 Å². The van der Waals surface area contributed by atoms with Gasteiger partial charge < -0.3 is 30.7 Å². The van der Waals surface area contributed by atoms with E-state index < -0.39 is 35.7 Å². The molecule has 0 saturated carbocycles. The highest BCUT2D eigenvalue weighted by molar-refractivity contribution is 5.68. The molecule has 0 aromatic heterocycles. The first-order valence-electron chi connectivity index (χ1n) is 11.3. The smallest absolute Gasteiger partial charge is 0.410 e. The number of alkyl halides is 2. The van der Waals surface area contributed by atoms with Crippen molar-refractivity contribution in [2.75, 3.05) is 39.3 Å². The number of nitrogens with zero attached hydrogens (tertiary/aromatic N) is 2. The van der Waals surface area contributed by atoms with Crippen molar-refractivity contribution >= 4 is 12.2 Å². The van der Waals surface area contributed by atoms with Crippen LogP contribution in [0, 0.1) is 11.8 Å². The van der Waals surface area contributed by atoms with Crippen molar-refractivity contribution in [2.24, 2.45) is 23.3 Å². The van der Waals surface area contributed by atoms with Crippen LogP contribution in [0.2, 0.25) is 0 Å². The number of carbonyl (C=O) groups excluding carboxylic acids is 2. The molecule has 32 heavy (non-hydrogen) atoms. The van der Waals surface area contributed by atoms with Gasteiger partial charge in [-0.15, -0.1) is 0 Å². The van der Waals surface area contributed by atoms with Gasteiger partial charge in [-0.1, -0.05) is 0 Å². The van der Waals surface area contributed by atoms with Crippen LogP contribution in [0.25, 0.3) is 0 Å². The molecule has 0 bridgehead atoms. The minimum absolute atomic E-state index is 0.0940. The van der Waals surface area contributed by atoms with E-state index >= 15 is 0 Å². The Morgan fingerprint density at radius 3 is 1.31 bits per heavy atom. The van der Waals surface area contributed by atoms with E-state index in [2.05, 4.69) is 0 Å². The van der Waals surface area contributed by atoms with E-state index in [0.29, 0.717) is 39.0 Å². The molecule has 188 valence electrons. The maximum absolute atomic E-state index is 13.6. The number of amides is 2. The second kappa shape index (κ2) is 12.0. The quantitative estimate of drug-likeness (QED) is 0.650. The number of likely N-dealkylation sites (tertiary alicyclic amines) is 2. The van der Waals surface area contributed by atoms with Crippen molar-refractivity contribution in [3.05, 3.63) is 0 Å². The maximum Gasteiger partial charge on any atom is 0.410 e. The topological polar surface area (TPSA) is 111 Å². The van der Waals surface area contributed by atoms with Gasteiger partial charge in [-0.3, -0.25) is 0 Å². The number of nitrogens with two attached hydrogens (primary N) is 2. The average molecular weight is 465 g/mol. The molecule has 2 aliphatic rings. The van der Waals surface area contributed by atoms with Gasteiger partial charge in [0.05, 0.1) is 13.1 Å². The zero-order valence-electron chi connectivity index (χ0n) is 20.4. The Kier molecular flexibility index (Phi) is 10.6. The third kappa shape index (κ3) is 9.85. The number of hydrogen-bond acceptors (Lipinski definition) is 6. The van der Waals surface area contributed by atoms with Gasteiger partial charge in [-0.05, 0) is 67.5 Å². The normalized spacial score (nSPS) is 26.7. The largest absolute Gasteiger partial charge is 0.444 e. The van der Waals surface area contributed by atoms with E-state index in [9.17, 15) is 18.4 Å². The molecular weight excluding hydrogens is 422 g/mol. The number of carbonyl (C=O) groups is 2. The summed E-state index contributed by atoms with van der Waals surface area (Å²) < 4.78 is 37.5. The summed E-state index contributed by atoms with van der Waals surface area (Å²) in [5.74, 6) is -0.252. The minimum Gasteiger partial charge on any atom is -0.444 e. The third-order valence-corrected chi connectivity index (χ3v) is 5.26. The van der Waals surface area contributed by atoms with Crippen LogP contribution < -0.4 is 11.5 Å². The number of piperidine rings is 2. The van der Waals surface area contributed by atoms with Crippen LogP contribution in [-0.4, -0.2) is 84.8 Å². The SMILES string of the molecule is CC(C)(C)OC(=O)N1CC[C@@H](CN)[C@H](F)C1.CC(C)(C)OC(=O)N1CC[C@H](CN)[C@H](F)C1. The van der Waals surface area contributed by atoms with Gasteiger partial charge in [0.15, 0.2) is 0 Å². The number of rotatable bonds is 2. The summed E-state index contributed by atoms with van der Waals surface area (Å²) in [6, 6.07) is 0. The lowest BCUT2D eigenvalue weighted by atomic mass is 9.95. The van der Waals surface area contributed by atoms with Crippen LogP contribution in [0.4, 0.5) is 18.4 Å². The van der Waals surface area contributed by atoms with E-state index in [4.69, 9.17) is 20.9 Å². The zero-order valence-corrected chi connectivity index (χ0v) is 20.4. The zero-order chi connectivity index (χ0) is 24.7. The Balaban J connectivity index is 0.000000320. The highest BCUT2D eigenvalue weighted by Gasteiger charge is 2.33. The van der Waals surface area contributed by atoms with Crippen molar-refractivity contribution in [2.45, 2.75) is 77.9 Å². The summed E-state index contributed by atoms with van der Waals surface area (Å²) in [7, 11) is 0. The molecule has 2 saturated heterocycles. The van der Waals surface area contributed by atoms with Crippen LogP contribution in [0.3, 0.4) is 0 Å². The Hall–Kier alpha value is -1.68. The molecule has 0 spiro atoms. The maximum atomic E-state index is 13.6. The molecule has 0 radical (unpaired) electrons. The molecular formula is C22H42F2N4O4.